The molecule has 2 nitrogen and oxygen atoms in total. The van der Waals surface area contributed by atoms with Crippen LogP contribution in [0, 0.1) is 6.92 Å². The van der Waals surface area contributed by atoms with Crippen molar-refractivity contribution < 1.29 is 0 Å². The van der Waals surface area contributed by atoms with Crippen molar-refractivity contribution in [3.8, 4) is 0 Å². The summed E-state index contributed by atoms with van der Waals surface area (Å²) >= 11 is 5.13. The van der Waals surface area contributed by atoms with E-state index in [0.29, 0.717) is 11.0 Å². The molecule has 0 saturated heterocycles. The molecule has 1 aromatic rings. The summed E-state index contributed by atoms with van der Waals surface area (Å²) in [5, 5.41) is 0. The highest BCUT2D eigenvalue weighted by Gasteiger charge is 2.30. The molecule has 0 bridgehead atoms. The minimum Gasteiger partial charge on any atom is -0.389 e. The standard InChI is InChI=1S/C13H18N2S/c1-3-15(10-7-8-10)12-9(2)5-4-6-11(12)13(14)16/h4-6,10H,3,7-8H2,1-2H3,(H2,14,16). The van der Waals surface area contributed by atoms with Crippen LogP contribution in [0.1, 0.15) is 30.9 Å². The first-order chi connectivity index (χ1) is 7.65. The van der Waals surface area contributed by atoms with E-state index in [1.54, 1.807) is 0 Å². The van der Waals surface area contributed by atoms with Crippen molar-refractivity contribution >= 4 is 22.9 Å². The van der Waals surface area contributed by atoms with Crippen LogP contribution in [0.25, 0.3) is 0 Å². The summed E-state index contributed by atoms with van der Waals surface area (Å²) in [4.78, 5) is 2.93. The first-order valence-corrected chi connectivity index (χ1v) is 6.22. The highest BCUT2D eigenvalue weighted by Crippen LogP contribution is 2.35. The predicted molar refractivity (Wildman–Crippen MR) is 73.1 cm³/mol. The van der Waals surface area contributed by atoms with Crippen molar-refractivity contribution in [1.82, 2.24) is 0 Å². The molecule has 2 N–H and O–H groups in total. The third-order valence-electron chi connectivity index (χ3n) is 3.12. The number of para-hydroxylation sites is 1. The number of benzene rings is 1. The number of anilines is 1. The molecule has 2 rings (SSSR count). The molecule has 0 radical (unpaired) electrons. The van der Waals surface area contributed by atoms with Gasteiger partial charge in [0.2, 0.25) is 0 Å². The second kappa shape index (κ2) is 4.42. The summed E-state index contributed by atoms with van der Waals surface area (Å²) in [6, 6.07) is 6.87. The number of thiocarbonyl (C=S) groups is 1. The zero-order chi connectivity index (χ0) is 11.7. The van der Waals surface area contributed by atoms with E-state index in [1.165, 1.54) is 24.1 Å². The van der Waals surface area contributed by atoms with Crippen LogP contribution < -0.4 is 10.6 Å². The summed E-state index contributed by atoms with van der Waals surface area (Å²) in [6.45, 7) is 5.33. The van der Waals surface area contributed by atoms with E-state index in [9.17, 15) is 0 Å². The molecule has 1 fully saturated rings. The number of rotatable bonds is 4. The fourth-order valence-corrected chi connectivity index (χ4v) is 2.39. The maximum Gasteiger partial charge on any atom is 0.106 e. The van der Waals surface area contributed by atoms with Crippen LogP contribution in [0.3, 0.4) is 0 Å². The Hall–Kier alpha value is -1.09. The molecule has 0 spiro atoms. The number of hydrogen-bond donors (Lipinski definition) is 1. The van der Waals surface area contributed by atoms with Crippen LogP contribution in [-0.2, 0) is 0 Å². The predicted octanol–water partition coefficient (Wildman–Crippen LogP) is 2.62. The highest BCUT2D eigenvalue weighted by molar-refractivity contribution is 7.80. The molecule has 1 saturated carbocycles. The van der Waals surface area contributed by atoms with Crippen LogP contribution in [0.4, 0.5) is 5.69 Å². The Labute approximate surface area is 102 Å². The van der Waals surface area contributed by atoms with Gasteiger partial charge in [0.1, 0.15) is 4.99 Å². The summed E-state index contributed by atoms with van der Waals surface area (Å²) in [7, 11) is 0. The van der Waals surface area contributed by atoms with Gasteiger partial charge in [0.25, 0.3) is 0 Å². The Bertz CT molecular complexity index is 410. The third kappa shape index (κ3) is 2.05. The van der Waals surface area contributed by atoms with Crippen LogP contribution in [0.15, 0.2) is 18.2 Å². The largest absolute Gasteiger partial charge is 0.389 e. The zero-order valence-electron chi connectivity index (χ0n) is 9.86. The molecule has 0 aliphatic heterocycles. The van der Waals surface area contributed by atoms with Crippen LogP contribution in [-0.4, -0.2) is 17.6 Å². The van der Waals surface area contributed by atoms with Gasteiger partial charge in [0.15, 0.2) is 0 Å². The van der Waals surface area contributed by atoms with Gasteiger partial charge in [-0.1, -0.05) is 24.4 Å². The average molecular weight is 234 g/mol. The molecule has 1 aromatic carbocycles. The fourth-order valence-electron chi connectivity index (χ4n) is 2.22. The van der Waals surface area contributed by atoms with E-state index in [-0.39, 0.29) is 0 Å². The van der Waals surface area contributed by atoms with Crippen LogP contribution in [0.2, 0.25) is 0 Å². The van der Waals surface area contributed by atoms with E-state index >= 15 is 0 Å². The Morgan fingerprint density at radius 3 is 2.69 bits per heavy atom. The second-order valence-corrected chi connectivity index (χ2v) is 4.79. The number of nitrogens with two attached hydrogens (primary N) is 1. The lowest BCUT2D eigenvalue weighted by Gasteiger charge is -2.27. The average Bonchev–Trinajstić information content (AvgIpc) is 3.05. The summed E-state index contributed by atoms with van der Waals surface area (Å²) < 4.78 is 0. The molecule has 0 aromatic heterocycles. The highest BCUT2D eigenvalue weighted by atomic mass is 32.1. The monoisotopic (exact) mass is 234 g/mol. The summed E-state index contributed by atoms with van der Waals surface area (Å²) in [5.74, 6) is 0. The molecule has 3 heteroatoms. The maximum atomic E-state index is 5.80. The minimum atomic E-state index is 0.498. The normalized spacial score (nSPS) is 14.9. The van der Waals surface area contributed by atoms with Gasteiger partial charge in [0.05, 0.1) is 5.69 Å². The van der Waals surface area contributed by atoms with Gasteiger partial charge >= 0.3 is 0 Å². The topological polar surface area (TPSA) is 29.3 Å². The van der Waals surface area contributed by atoms with Crippen molar-refractivity contribution in [1.29, 1.82) is 0 Å². The number of aryl methyl sites for hydroxylation is 1. The minimum absolute atomic E-state index is 0.498. The van der Waals surface area contributed by atoms with Gasteiger partial charge in [-0.3, -0.25) is 0 Å². The second-order valence-electron chi connectivity index (χ2n) is 4.35. The Morgan fingerprint density at radius 1 is 1.50 bits per heavy atom. The third-order valence-corrected chi connectivity index (χ3v) is 3.34. The Kier molecular flexibility index (Phi) is 3.15. The molecule has 0 amide bonds. The van der Waals surface area contributed by atoms with Gasteiger partial charge in [0, 0.05) is 18.2 Å². The smallest absolute Gasteiger partial charge is 0.106 e. The first kappa shape index (κ1) is 11.4. The lowest BCUT2D eigenvalue weighted by Crippen LogP contribution is -2.28. The van der Waals surface area contributed by atoms with E-state index in [4.69, 9.17) is 18.0 Å². The number of nitrogens with zero attached hydrogens (tertiary/aromatic N) is 1. The number of hydrogen-bond acceptors (Lipinski definition) is 2. The van der Waals surface area contributed by atoms with Crippen LogP contribution >= 0.6 is 12.2 Å². The van der Waals surface area contributed by atoms with E-state index in [1.807, 2.05) is 12.1 Å². The molecule has 0 unspecified atom stereocenters. The molecular weight excluding hydrogens is 216 g/mol. The van der Waals surface area contributed by atoms with Gasteiger partial charge in [-0.25, -0.2) is 0 Å². The molecule has 1 aliphatic carbocycles. The van der Waals surface area contributed by atoms with E-state index in [2.05, 4.69) is 24.8 Å². The maximum absolute atomic E-state index is 5.80. The summed E-state index contributed by atoms with van der Waals surface area (Å²) in [5.41, 5.74) is 9.32. The van der Waals surface area contributed by atoms with Gasteiger partial charge in [-0.15, -0.1) is 0 Å². The lowest BCUT2D eigenvalue weighted by atomic mass is 10.1. The quantitative estimate of drug-likeness (QED) is 0.812. The van der Waals surface area contributed by atoms with Gasteiger partial charge in [-0.2, -0.15) is 0 Å². The van der Waals surface area contributed by atoms with Crippen LogP contribution in [0.5, 0.6) is 0 Å². The van der Waals surface area contributed by atoms with Crippen molar-refractivity contribution in [3.05, 3.63) is 29.3 Å². The SMILES string of the molecule is CCN(c1c(C)cccc1C(N)=S)C1CC1. The summed E-state index contributed by atoms with van der Waals surface area (Å²) in [6.07, 6.45) is 2.58. The first-order valence-electron chi connectivity index (χ1n) is 5.81. The van der Waals surface area contributed by atoms with Crippen molar-refractivity contribution in [2.75, 3.05) is 11.4 Å². The molecule has 16 heavy (non-hydrogen) atoms. The molecule has 1 aliphatic rings. The van der Waals surface area contributed by atoms with Crippen molar-refractivity contribution in [3.63, 3.8) is 0 Å². The molecule has 0 atom stereocenters. The lowest BCUT2D eigenvalue weighted by molar-refractivity contribution is 0.821. The van der Waals surface area contributed by atoms with Crippen molar-refractivity contribution in [2.45, 2.75) is 32.7 Å². The zero-order valence-corrected chi connectivity index (χ0v) is 10.7. The molecule has 0 heterocycles. The Morgan fingerprint density at radius 2 is 2.19 bits per heavy atom. The fraction of sp³-hybridized carbons (Fsp3) is 0.462. The molecular formula is C13H18N2S. The van der Waals surface area contributed by atoms with E-state index < -0.39 is 0 Å². The van der Waals surface area contributed by atoms with Gasteiger partial charge in [-0.05, 0) is 38.3 Å². The Balaban J connectivity index is 2.47. The van der Waals surface area contributed by atoms with Gasteiger partial charge < -0.3 is 10.6 Å². The van der Waals surface area contributed by atoms with Crippen molar-refractivity contribution in [2.24, 2.45) is 5.73 Å². The molecule has 86 valence electrons. The van der Waals surface area contributed by atoms with E-state index in [0.717, 1.165) is 12.1 Å².